The second kappa shape index (κ2) is 5.36. The van der Waals surface area contributed by atoms with E-state index in [1.807, 2.05) is 26.0 Å². The number of nitrogens with one attached hydrogen (secondary N) is 1. The largest absolute Gasteiger partial charge is 0.324 e. The summed E-state index contributed by atoms with van der Waals surface area (Å²) in [6, 6.07) is 10.7. The fourth-order valence-electron chi connectivity index (χ4n) is 1.80. The molecule has 0 aliphatic rings. The summed E-state index contributed by atoms with van der Waals surface area (Å²) < 4.78 is 1.66. The minimum atomic E-state index is -0.143. The summed E-state index contributed by atoms with van der Waals surface area (Å²) >= 11 is 0. The summed E-state index contributed by atoms with van der Waals surface area (Å²) in [5, 5.41) is 15.7. The number of hydrogen-bond acceptors (Lipinski definition) is 3. The Bertz CT molecular complexity index is 634. The standard InChI is InChI=1S/C14H14N4O/c1-10-7-11(2)18(17-10)9-14(19)16-13-5-3-12(8-15)4-6-13/h3-7H,9H2,1-2H3,(H,16,19). The molecule has 96 valence electrons. The van der Waals surface area contributed by atoms with Gasteiger partial charge in [0.1, 0.15) is 6.54 Å². The quantitative estimate of drug-likeness (QED) is 0.910. The van der Waals surface area contributed by atoms with Gasteiger partial charge in [0.15, 0.2) is 0 Å². The molecule has 19 heavy (non-hydrogen) atoms. The zero-order valence-corrected chi connectivity index (χ0v) is 10.8. The molecule has 2 rings (SSSR count). The van der Waals surface area contributed by atoms with Crippen LogP contribution < -0.4 is 5.32 Å². The molecule has 0 atom stereocenters. The first-order valence-corrected chi connectivity index (χ1v) is 5.89. The molecule has 0 aliphatic carbocycles. The third-order valence-corrected chi connectivity index (χ3v) is 2.69. The minimum absolute atomic E-state index is 0.143. The van der Waals surface area contributed by atoms with Crippen molar-refractivity contribution in [2.24, 2.45) is 0 Å². The molecule has 1 amide bonds. The number of amides is 1. The Labute approximate surface area is 111 Å². The van der Waals surface area contributed by atoms with Crippen molar-refractivity contribution < 1.29 is 4.79 Å². The van der Waals surface area contributed by atoms with E-state index in [1.165, 1.54) is 0 Å². The summed E-state index contributed by atoms with van der Waals surface area (Å²) in [7, 11) is 0. The van der Waals surface area contributed by atoms with Gasteiger partial charge >= 0.3 is 0 Å². The fraction of sp³-hybridized carbons (Fsp3) is 0.214. The van der Waals surface area contributed by atoms with Crippen molar-refractivity contribution in [3.8, 4) is 6.07 Å². The Kier molecular flexibility index (Phi) is 3.62. The lowest BCUT2D eigenvalue weighted by Crippen LogP contribution is -2.20. The normalized spacial score (nSPS) is 9.95. The van der Waals surface area contributed by atoms with E-state index in [9.17, 15) is 4.79 Å². The molecule has 0 spiro atoms. The smallest absolute Gasteiger partial charge is 0.246 e. The molecule has 0 bridgehead atoms. The van der Waals surface area contributed by atoms with Crippen molar-refractivity contribution >= 4 is 11.6 Å². The second-order valence-corrected chi connectivity index (χ2v) is 4.32. The number of benzene rings is 1. The van der Waals surface area contributed by atoms with Crippen molar-refractivity contribution in [3.05, 3.63) is 47.3 Å². The first kappa shape index (κ1) is 12.8. The van der Waals surface area contributed by atoms with E-state index >= 15 is 0 Å². The summed E-state index contributed by atoms with van der Waals surface area (Å²) in [5.41, 5.74) is 3.08. The zero-order chi connectivity index (χ0) is 13.8. The van der Waals surface area contributed by atoms with E-state index in [2.05, 4.69) is 10.4 Å². The maximum Gasteiger partial charge on any atom is 0.246 e. The van der Waals surface area contributed by atoms with Gasteiger partial charge in [0.05, 0.1) is 17.3 Å². The maximum absolute atomic E-state index is 11.9. The van der Waals surface area contributed by atoms with Crippen molar-refractivity contribution in [3.63, 3.8) is 0 Å². The number of aromatic nitrogens is 2. The first-order chi connectivity index (χ1) is 9.08. The number of nitriles is 1. The van der Waals surface area contributed by atoms with Gasteiger partial charge in [-0.1, -0.05) is 0 Å². The van der Waals surface area contributed by atoms with E-state index in [1.54, 1.807) is 28.9 Å². The average molecular weight is 254 g/mol. The molecule has 0 saturated carbocycles. The number of hydrogen-bond donors (Lipinski definition) is 1. The van der Waals surface area contributed by atoms with Gasteiger partial charge < -0.3 is 5.32 Å². The van der Waals surface area contributed by atoms with Gasteiger partial charge in [-0.15, -0.1) is 0 Å². The van der Waals surface area contributed by atoms with Crippen LogP contribution >= 0.6 is 0 Å². The van der Waals surface area contributed by atoms with E-state index in [4.69, 9.17) is 5.26 Å². The number of anilines is 1. The molecule has 5 nitrogen and oxygen atoms in total. The lowest BCUT2D eigenvalue weighted by molar-refractivity contribution is -0.116. The molecule has 0 fully saturated rings. The molecular formula is C14H14N4O. The number of carbonyl (C=O) groups excluding carboxylic acids is 1. The number of nitrogens with zero attached hydrogens (tertiary/aromatic N) is 3. The number of carbonyl (C=O) groups is 1. The third kappa shape index (κ3) is 3.19. The monoisotopic (exact) mass is 254 g/mol. The van der Waals surface area contributed by atoms with Gasteiger partial charge in [-0.25, -0.2) is 0 Å². The lowest BCUT2D eigenvalue weighted by atomic mass is 10.2. The molecule has 0 saturated heterocycles. The highest BCUT2D eigenvalue weighted by molar-refractivity contribution is 5.90. The highest BCUT2D eigenvalue weighted by atomic mass is 16.2. The van der Waals surface area contributed by atoms with Crippen LogP contribution in [0.3, 0.4) is 0 Å². The van der Waals surface area contributed by atoms with E-state index in [0.717, 1.165) is 11.4 Å². The van der Waals surface area contributed by atoms with Gasteiger partial charge in [-0.05, 0) is 44.2 Å². The highest BCUT2D eigenvalue weighted by Crippen LogP contribution is 2.09. The van der Waals surface area contributed by atoms with Crippen LogP contribution in [0.15, 0.2) is 30.3 Å². The highest BCUT2D eigenvalue weighted by Gasteiger charge is 2.07. The molecule has 0 radical (unpaired) electrons. The van der Waals surface area contributed by atoms with Gasteiger partial charge in [-0.3, -0.25) is 9.48 Å². The Hall–Kier alpha value is -2.61. The van der Waals surface area contributed by atoms with Crippen molar-refractivity contribution in [2.45, 2.75) is 20.4 Å². The predicted molar refractivity (Wildman–Crippen MR) is 71.5 cm³/mol. The predicted octanol–water partition coefficient (Wildman–Crippen LogP) is 2.01. The Balaban J connectivity index is 2.01. The van der Waals surface area contributed by atoms with Crippen molar-refractivity contribution in [1.82, 2.24) is 9.78 Å². The molecule has 1 aromatic heterocycles. The number of aryl methyl sites for hydroxylation is 2. The van der Waals surface area contributed by atoms with Crippen LogP contribution in [0.25, 0.3) is 0 Å². The molecule has 0 unspecified atom stereocenters. The molecule has 1 aromatic carbocycles. The zero-order valence-electron chi connectivity index (χ0n) is 10.8. The molecular weight excluding hydrogens is 240 g/mol. The Morgan fingerprint density at radius 3 is 2.58 bits per heavy atom. The van der Waals surface area contributed by atoms with Crippen molar-refractivity contribution in [1.29, 1.82) is 5.26 Å². The topological polar surface area (TPSA) is 70.7 Å². The maximum atomic E-state index is 11.9. The van der Waals surface area contributed by atoms with Crippen LogP contribution in [0, 0.1) is 25.2 Å². The Morgan fingerprint density at radius 1 is 1.37 bits per heavy atom. The van der Waals surface area contributed by atoms with Crippen LogP contribution in [0.4, 0.5) is 5.69 Å². The summed E-state index contributed by atoms with van der Waals surface area (Å²) in [6.45, 7) is 3.98. The molecule has 2 aromatic rings. The van der Waals surface area contributed by atoms with Crippen LogP contribution in [0.5, 0.6) is 0 Å². The van der Waals surface area contributed by atoms with Crippen molar-refractivity contribution in [2.75, 3.05) is 5.32 Å². The molecule has 5 heteroatoms. The SMILES string of the molecule is Cc1cc(C)n(CC(=O)Nc2ccc(C#N)cc2)n1. The summed E-state index contributed by atoms with van der Waals surface area (Å²) in [4.78, 5) is 11.9. The van der Waals surface area contributed by atoms with Crippen LogP contribution in [-0.4, -0.2) is 15.7 Å². The summed E-state index contributed by atoms with van der Waals surface area (Å²) in [6.07, 6.45) is 0. The summed E-state index contributed by atoms with van der Waals surface area (Å²) in [5.74, 6) is -0.143. The van der Waals surface area contributed by atoms with Gasteiger partial charge in [-0.2, -0.15) is 10.4 Å². The van der Waals surface area contributed by atoms with E-state index < -0.39 is 0 Å². The van der Waals surface area contributed by atoms with Gasteiger partial charge in [0, 0.05) is 11.4 Å². The fourth-order valence-corrected chi connectivity index (χ4v) is 1.80. The third-order valence-electron chi connectivity index (χ3n) is 2.69. The van der Waals surface area contributed by atoms with E-state index in [-0.39, 0.29) is 12.5 Å². The second-order valence-electron chi connectivity index (χ2n) is 4.32. The number of rotatable bonds is 3. The minimum Gasteiger partial charge on any atom is -0.324 e. The molecule has 1 heterocycles. The van der Waals surface area contributed by atoms with Crippen LogP contribution in [0.2, 0.25) is 0 Å². The molecule has 0 aliphatic heterocycles. The van der Waals surface area contributed by atoms with Gasteiger partial charge in [0.2, 0.25) is 5.91 Å². The van der Waals surface area contributed by atoms with Crippen LogP contribution in [0.1, 0.15) is 17.0 Å². The van der Waals surface area contributed by atoms with Crippen LogP contribution in [-0.2, 0) is 11.3 Å². The van der Waals surface area contributed by atoms with E-state index in [0.29, 0.717) is 11.3 Å². The Morgan fingerprint density at radius 2 is 2.05 bits per heavy atom. The average Bonchev–Trinajstić information content (AvgIpc) is 2.68. The van der Waals surface area contributed by atoms with Gasteiger partial charge in [0.25, 0.3) is 0 Å². The molecule has 1 N–H and O–H groups in total. The lowest BCUT2D eigenvalue weighted by Gasteiger charge is -2.06. The first-order valence-electron chi connectivity index (χ1n) is 5.89.